The number of fused-ring (bicyclic) bond motifs is 1. The average molecular weight is 367 g/mol. The second kappa shape index (κ2) is 7.78. The van der Waals surface area contributed by atoms with Crippen LogP contribution in [0.5, 0.6) is 11.5 Å². The number of hydrogen-bond acceptors (Lipinski definition) is 4. The number of rotatable bonds is 3. The quantitative estimate of drug-likeness (QED) is 0.906. The van der Waals surface area contributed by atoms with Crippen LogP contribution in [0.1, 0.15) is 18.5 Å². The number of piperazine rings is 1. The first-order chi connectivity index (χ1) is 13.2. The fourth-order valence-electron chi connectivity index (χ4n) is 3.50. The van der Waals surface area contributed by atoms with Gasteiger partial charge in [0.2, 0.25) is 0 Å². The van der Waals surface area contributed by atoms with Crippen LogP contribution >= 0.6 is 0 Å². The molecule has 6 heteroatoms. The minimum Gasteiger partial charge on any atom is -0.486 e. The minimum atomic E-state index is -0.00632. The van der Waals surface area contributed by atoms with Crippen LogP contribution in [0.3, 0.4) is 0 Å². The summed E-state index contributed by atoms with van der Waals surface area (Å²) in [4.78, 5) is 16.7. The van der Waals surface area contributed by atoms with Crippen molar-refractivity contribution in [2.75, 3.05) is 44.3 Å². The Morgan fingerprint density at radius 2 is 1.67 bits per heavy atom. The number of nitrogens with one attached hydrogen (secondary N) is 1. The molecule has 1 N–H and O–H groups in total. The van der Waals surface area contributed by atoms with E-state index in [1.807, 2.05) is 54.3 Å². The first-order valence-corrected chi connectivity index (χ1v) is 9.46. The molecule has 2 amide bonds. The molecule has 1 fully saturated rings. The molecule has 1 unspecified atom stereocenters. The zero-order valence-electron chi connectivity index (χ0n) is 15.6. The largest absolute Gasteiger partial charge is 0.486 e. The first-order valence-electron chi connectivity index (χ1n) is 9.46. The second-order valence-electron chi connectivity index (χ2n) is 6.88. The molecular formula is C21H25N3O3. The van der Waals surface area contributed by atoms with Crippen molar-refractivity contribution in [3.05, 3.63) is 54.1 Å². The highest BCUT2D eigenvalue weighted by atomic mass is 16.6. The van der Waals surface area contributed by atoms with E-state index in [0.717, 1.165) is 35.8 Å². The predicted molar refractivity (Wildman–Crippen MR) is 105 cm³/mol. The normalized spacial score (nSPS) is 17.4. The van der Waals surface area contributed by atoms with Crippen molar-refractivity contribution in [1.82, 2.24) is 10.2 Å². The summed E-state index contributed by atoms with van der Waals surface area (Å²) in [6.45, 7) is 6.19. The van der Waals surface area contributed by atoms with Crippen molar-refractivity contribution in [2.24, 2.45) is 0 Å². The van der Waals surface area contributed by atoms with E-state index >= 15 is 0 Å². The number of amides is 2. The number of urea groups is 1. The monoisotopic (exact) mass is 367 g/mol. The lowest BCUT2D eigenvalue weighted by Crippen LogP contribution is -2.52. The number of anilines is 1. The van der Waals surface area contributed by atoms with Gasteiger partial charge in [-0.1, -0.05) is 30.3 Å². The molecule has 0 saturated carbocycles. The van der Waals surface area contributed by atoms with Gasteiger partial charge in [0.15, 0.2) is 11.5 Å². The average Bonchev–Trinajstić information content (AvgIpc) is 2.74. The van der Waals surface area contributed by atoms with Crippen LogP contribution < -0.4 is 19.7 Å². The molecule has 27 heavy (non-hydrogen) atoms. The molecule has 2 heterocycles. The standard InChI is InChI=1S/C21H25N3O3/c1-16(17-5-3-2-4-6-17)22-21(25)24-11-9-23(10-12-24)18-7-8-19-20(15-18)27-14-13-26-19/h2-8,15-16H,9-14H2,1H3,(H,22,25). The second-order valence-corrected chi connectivity index (χ2v) is 6.88. The van der Waals surface area contributed by atoms with Gasteiger partial charge in [0.25, 0.3) is 0 Å². The number of benzene rings is 2. The van der Waals surface area contributed by atoms with E-state index in [4.69, 9.17) is 9.47 Å². The highest BCUT2D eigenvalue weighted by molar-refractivity contribution is 5.75. The number of ether oxygens (including phenoxy) is 2. The summed E-state index contributed by atoms with van der Waals surface area (Å²) in [5, 5.41) is 3.09. The molecule has 6 nitrogen and oxygen atoms in total. The van der Waals surface area contributed by atoms with E-state index < -0.39 is 0 Å². The fourth-order valence-corrected chi connectivity index (χ4v) is 3.50. The van der Waals surface area contributed by atoms with E-state index in [9.17, 15) is 4.79 Å². The Kier molecular flexibility index (Phi) is 5.05. The maximum Gasteiger partial charge on any atom is 0.317 e. The third-order valence-electron chi connectivity index (χ3n) is 5.10. The van der Waals surface area contributed by atoms with E-state index in [-0.39, 0.29) is 12.1 Å². The summed E-state index contributed by atoms with van der Waals surface area (Å²) >= 11 is 0. The Bertz CT molecular complexity index is 789. The zero-order valence-corrected chi connectivity index (χ0v) is 15.6. The summed E-state index contributed by atoms with van der Waals surface area (Å²) in [5.41, 5.74) is 2.22. The third kappa shape index (κ3) is 3.94. The molecule has 2 aromatic carbocycles. The van der Waals surface area contributed by atoms with Crippen molar-refractivity contribution in [3.8, 4) is 11.5 Å². The maximum absolute atomic E-state index is 12.6. The molecule has 2 aromatic rings. The van der Waals surface area contributed by atoms with Gasteiger partial charge in [-0.3, -0.25) is 0 Å². The molecule has 0 radical (unpaired) electrons. The summed E-state index contributed by atoms with van der Waals surface area (Å²) in [6.07, 6.45) is 0. The Balaban J connectivity index is 1.33. The molecule has 1 saturated heterocycles. The van der Waals surface area contributed by atoms with Crippen LogP contribution in [0.4, 0.5) is 10.5 Å². The van der Waals surface area contributed by atoms with E-state index in [0.29, 0.717) is 26.3 Å². The van der Waals surface area contributed by atoms with Crippen LogP contribution in [0.2, 0.25) is 0 Å². The van der Waals surface area contributed by atoms with Gasteiger partial charge in [0, 0.05) is 37.9 Å². The molecule has 2 aliphatic heterocycles. The van der Waals surface area contributed by atoms with Gasteiger partial charge in [0.1, 0.15) is 13.2 Å². The molecular weight excluding hydrogens is 342 g/mol. The highest BCUT2D eigenvalue weighted by Crippen LogP contribution is 2.34. The predicted octanol–water partition coefficient (Wildman–Crippen LogP) is 3.05. The van der Waals surface area contributed by atoms with Crippen LogP contribution in [0.25, 0.3) is 0 Å². The van der Waals surface area contributed by atoms with Crippen molar-refractivity contribution < 1.29 is 14.3 Å². The highest BCUT2D eigenvalue weighted by Gasteiger charge is 2.23. The van der Waals surface area contributed by atoms with Crippen molar-refractivity contribution in [2.45, 2.75) is 13.0 Å². The number of carbonyl (C=O) groups is 1. The molecule has 0 bridgehead atoms. The van der Waals surface area contributed by atoms with Gasteiger partial charge >= 0.3 is 6.03 Å². The van der Waals surface area contributed by atoms with Crippen molar-refractivity contribution in [1.29, 1.82) is 0 Å². The smallest absolute Gasteiger partial charge is 0.317 e. The number of nitrogens with zero attached hydrogens (tertiary/aromatic N) is 2. The lowest BCUT2D eigenvalue weighted by Gasteiger charge is -2.37. The van der Waals surface area contributed by atoms with E-state index in [1.54, 1.807) is 0 Å². The van der Waals surface area contributed by atoms with Crippen molar-refractivity contribution in [3.63, 3.8) is 0 Å². The van der Waals surface area contributed by atoms with Crippen molar-refractivity contribution >= 4 is 11.7 Å². The Hall–Kier alpha value is -2.89. The minimum absolute atomic E-state index is 0.00507. The Morgan fingerprint density at radius 3 is 2.41 bits per heavy atom. The van der Waals surface area contributed by atoms with Gasteiger partial charge in [-0.05, 0) is 24.6 Å². The maximum atomic E-state index is 12.6. The SMILES string of the molecule is CC(NC(=O)N1CCN(c2ccc3c(c2)OCCO3)CC1)c1ccccc1. The fraction of sp³-hybridized carbons (Fsp3) is 0.381. The summed E-state index contributed by atoms with van der Waals surface area (Å²) in [6, 6.07) is 16.1. The summed E-state index contributed by atoms with van der Waals surface area (Å²) < 4.78 is 11.3. The van der Waals surface area contributed by atoms with Gasteiger partial charge < -0.3 is 24.6 Å². The first kappa shape index (κ1) is 17.5. The van der Waals surface area contributed by atoms with E-state index in [2.05, 4.69) is 16.3 Å². The lowest BCUT2D eigenvalue weighted by molar-refractivity contribution is 0.171. The van der Waals surface area contributed by atoms with Gasteiger partial charge in [-0.2, -0.15) is 0 Å². The van der Waals surface area contributed by atoms with Crippen LogP contribution in [-0.4, -0.2) is 50.3 Å². The van der Waals surface area contributed by atoms with Crippen LogP contribution in [0, 0.1) is 0 Å². The molecule has 0 aromatic heterocycles. The third-order valence-corrected chi connectivity index (χ3v) is 5.10. The van der Waals surface area contributed by atoms with Gasteiger partial charge in [-0.15, -0.1) is 0 Å². The lowest BCUT2D eigenvalue weighted by atomic mass is 10.1. The number of carbonyl (C=O) groups excluding carboxylic acids is 1. The van der Waals surface area contributed by atoms with Gasteiger partial charge in [0.05, 0.1) is 6.04 Å². The molecule has 142 valence electrons. The molecule has 1 atom stereocenters. The van der Waals surface area contributed by atoms with Gasteiger partial charge in [-0.25, -0.2) is 4.79 Å². The molecule has 0 aliphatic carbocycles. The molecule has 4 rings (SSSR count). The molecule has 0 spiro atoms. The summed E-state index contributed by atoms with van der Waals surface area (Å²) in [5.74, 6) is 1.61. The Labute approximate surface area is 159 Å². The van der Waals surface area contributed by atoms with E-state index in [1.165, 1.54) is 0 Å². The zero-order chi connectivity index (χ0) is 18.6. The van der Waals surface area contributed by atoms with Crippen LogP contribution in [0.15, 0.2) is 48.5 Å². The summed E-state index contributed by atoms with van der Waals surface area (Å²) in [7, 11) is 0. The number of hydrogen-bond donors (Lipinski definition) is 1. The Morgan fingerprint density at radius 1 is 0.963 bits per heavy atom. The topological polar surface area (TPSA) is 54.0 Å². The van der Waals surface area contributed by atoms with Crippen LogP contribution in [-0.2, 0) is 0 Å². The molecule has 2 aliphatic rings.